The fourth-order valence-electron chi connectivity index (χ4n) is 1.48. The molecule has 2 atom stereocenters. The summed E-state index contributed by atoms with van der Waals surface area (Å²) in [5.41, 5.74) is -2.17. The number of amides is 2. The van der Waals surface area contributed by atoms with Crippen molar-refractivity contribution in [2.45, 2.75) is 84.5 Å². The average Bonchev–Trinajstić information content (AvgIpc) is 2.50. The van der Waals surface area contributed by atoms with Gasteiger partial charge in [0.05, 0.1) is 12.6 Å². The summed E-state index contributed by atoms with van der Waals surface area (Å²) < 4.78 is 0. The van der Waals surface area contributed by atoms with E-state index in [-0.39, 0.29) is 30.5 Å². The van der Waals surface area contributed by atoms with Crippen molar-refractivity contribution in [1.29, 1.82) is 0 Å². The van der Waals surface area contributed by atoms with E-state index in [1.54, 1.807) is 27.7 Å². The number of nitrogens with one attached hydrogen (secondary N) is 2. The van der Waals surface area contributed by atoms with Gasteiger partial charge in [-0.15, -0.1) is 0 Å². The molecule has 0 aromatic rings. The van der Waals surface area contributed by atoms with E-state index in [0.29, 0.717) is 6.42 Å². The van der Waals surface area contributed by atoms with E-state index >= 15 is 0 Å². The number of nitrogens with zero attached hydrogens (tertiary/aromatic N) is 2. The predicted molar refractivity (Wildman–Crippen MR) is 90.2 cm³/mol. The summed E-state index contributed by atoms with van der Waals surface area (Å²) in [4.78, 5) is 24.4. The zero-order valence-electron chi connectivity index (χ0n) is 15.4. The van der Waals surface area contributed by atoms with Crippen LogP contribution >= 0.6 is 0 Å². The van der Waals surface area contributed by atoms with Crippen LogP contribution in [-0.2, 0) is 9.59 Å². The zero-order chi connectivity index (χ0) is 18.3. The van der Waals surface area contributed by atoms with Crippen molar-refractivity contribution in [1.82, 2.24) is 10.6 Å². The maximum atomic E-state index is 12.2. The number of carbonyl (C=O) groups is 2. The van der Waals surface area contributed by atoms with E-state index in [0.717, 1.165) is 6.42 Å². The third-order valence-electron chi connectivity index (χ3n) is 3.70. The summed E-state index contributed by atoms with van der Waals surface area (Å²) in [6, 6.07) is -0.248. The molecule has 3 N–H and O–H groups in total. The van der Waals surface area contributed by atoms with Gasteiger partial charge in [-0.25, -0.2) is 0 Å². The predicted octanol–water partition coefficient (Wildman–Crippen LogP) is 1.80. The molecule has 0 saturated heterocycles. The SMILES string of the molecule is CCC(C)NC(=O)C(C)(C)N=NC(C)(C)C(=O)NC(CC)CO. The monoisotopic (exact) mass is 328 g/mol. The first-order valence-electron chi connectivity index (χ1n) is 8.17. The minimum Gasteiger partial charge on any atom is -0.394 e. The fraction of sp³-hybridized carbons (Fsp3) is 0.875. The Morgan fingerprint density at radius 1 is 0.957 bits per heavy atom. The van der Waals surface area contributed by atoms with Crippen LogP contribution in [0.3, 0.4) is 0 Å². The van der Waals surface area contributed by atoms with Gasteiger partial charge in [-0.1, -0.05) is 13.8 Å². The van der Waals surface area contributed by atoms with Gasteiger partial charge in [0.25, 0.3) is 0 Å². The lowest BCUT2D eigenvalue weighted by Crippen LogP contribution is -2.48. The summed E-state index contributed by atoms with van der Waals surface area (Å²) in [6.07, 6.45) is 1.45. The van der Waals surface area contributed by atoms with E-state index in [1.807, 2.05) is 20.8 Å². The Balaban J connectivity index is 4.94. The molecule has 0 fully saturated rings. The fourth-order valence-corrected chi connectivity index (χ4v) is 1.48. The van der Waals surface area contributed by atoms with Gasteiger partial charge in [0.2, 0.25) is 11.8 Å². The van der Waals surface area contributed by atoms with Crippen molar-refractivity contribution in [3.05, 3.63) is 0 Å². The lowest BCUT2D eigenvalue weighted by molar-refractivity contribution is -0.128. The van der Waals surface area contributed by atoms with E-state index in [2.05, 4.69) is 20.9 Å². The first-order chi connectivity index (χ1) is 10.5. The Kier molecular flexibility index (Phi) is 8.37. The van der Waals surface area contributed by atoms with E-state index in [1.165, 1.54) is 0 Å². The smallest absolute Gasteiger partial charge is 0.249 e. The standard InChI is InChI=1S/C16H32N4O3/c1-8-11(3)17-13(22)15(4,5)19-20-16(6,7)14(23)18-12(9-2)10-21/h11-12,21H,8-10H2,1-7H3,(H,17,22)(H,18,23). The van der Waals surface area contributed by atoms with Gasteiger partial charge in [-0.3, -0.25) is 9.59 Å². The molecule has 0 heterocycles. The highest BCUT2D eigenvalue weighted by molar-refractivity contribution is 5.87. The Labute approximate surface area is 139 Å². The normalized spacial score (nSPS) is 15.3. The highest BCUT2D eigenvalue weighted by Gasteiger charge is 2.33. The molecule has 0 saturated carbocycles. The van der Waals surface area contributed by atoms with Gasteiger partial charge in [0.15, 0.2) is 11.1 Å². The Morgan fingerprint density at radius 2 is 1.39 bits per heavy atom. The lowest BCUT2D eigenvalue weighted by Gasteiger charge is -2.25. The Hall–Kier alpha value is -1.50. The van der Waals surface area contributed by atoms with Gasteiger partial charge in [-0.05, 0) is 47.5 Å². The molecule has 2 amide bonds. The number of aliphatic hydroxyl groups is 1. The molecule has 0 aliphatic heterocycles. The molecule has 0 aliphatic rings. The molecule has 0 rings (SSSR count). The number of aliphatic hydroxyl groups excluding tert-OH is 1. The molecular formula is C16H32N4O3. The third kappa shape index (κ3) is 7.07. The molecule has 0 radical (unpaired) electrons. The highest BCUT2D eigenvalue weighted by atomic mass is 16.3. The maximum Gasteiger partial charge on any atom is 0.249 e. The molecule has 23 heavy (non-hydrogen) atoms. The van der Waals surface area contributed by atoms with Crippen LogP contribution in [0.25, 0.3) is 0 Å². The molecular weight excluding hydrogens is 296 g/mol. The van der Waals surface area contributed by atoms with Crippen molar-refractivity contribution in [3.8, 4) is 0 Å². The topological polar surface area (TPSA) is 103 Å². The van der Waals surface area contributed by atoms with E-state index < -0.39 is 11.1 Å². The number of hydrogen-bond donors (Lipinski definition) is 3. The number of carbonyl (C=O) groups excluding carboxylic acids is 2. The van der Waals surface area contributed by atoms with Gasteiger partial charge in [0, 0.05) is 6.04 Å². The molecule has 2 unspecified atom stereocenters. The van der Waals surface area contributed by atoms with Crippen LogP contribution in [-0.4, -0.2) is 46.7 Å². The maximum absolute atomic E-state index is 12.2. The average molecular weight is 328 g/mol. The Morgan fingerprint density at radius 3 is 1.74 bits per heavy atom. The first-order valence-corrected chi connectivity index (χ1v) is 8.17. The van der Waals surface area contributed by atoms with Crippen molar-refractivity contribution in [2.24, 2.45) is 10.2 Å². The molecule has 0 aliphatic carbocycles. The van der Waals surface area contributed by atoms with Crippen LogP contribution in [0, 0.1) is 0 Å². The number of hydrogen-bond acceptors (Lipinski definition) is 5. The van der Waals surface area contributed by atoms with Crippen molar-refractivity contribution < 1.29 is 14.7 Å². The van der Waals surface area contributed by atoms with Gasteiger partial charge in [0.1, 0.15) is 0 Å². The zero-order valence-corrected chi connectivity index (χ0v) is 15.4. The molecule has 0 spiro atoms. The summed E-state index contributed by atoms with van der Waals surface area (Å²) in [6.45, 7) is 12.2. The van der Waals surface area contributed by atoms with Crippen LogP contribution in [0.1, 0.15) is 61.3 Å². The van der Waals surface area contributed by atoms with Crippen LogP contribution in [0.15, 0.2) is 10.2 Å². The van der Waals surface area contributed by atoms with Crippen LogP contribution in [0.2, 0.25) is 0 Å². The molecule has 0 aromatic heterocycles. The lowest BCUT2D eigenvalue weighted by atomic mass is 10.0. The molecule has 134 valence electrons. The second-order valence-electron chi connectivity index (χ2n) is 6.86. The summed E-state index contributed by atoms with van der Waals surface area (Å²) >= 11 is 0. The summed E-state index contributed by atoms with van der Waals surface area (Å²) in [5.74, 6) is -0.561. The second kappa shape index (κ2) is 8.96. The van der Waals surface area contributed by atoms with Crippen molar-refractivity contribution in [2.75, 3.05) is 6.61 Å². The molecule has 0 bridgehead atoms. The molecule has 7 nitrogen and oxygen atoms in total. The Bertz CT molecular complexity index is 429. The van der Waals surface area contributed by atoms with E-state index in [4.69, 9.17) is 5.11 Å². The minimum absolute atomic E-state index is 0.0585. The van der Waals surface area contributed by atoms with Crippen LogP contribution in [0.4, 0.5) is 0 Å². The summed E-state index contributed by atoms with van der Waals surface area (Å²) in [5, 5.41) is 22.9. The van der Waals surface area contributed by atoms with Gasteiger partial charge < -0.3 is 15.7 Å². The largest absolute Gasteiger partial charge is 0.394 e. The molecule has 7 heteroatoms. The minimum atomic E-state index is -1.11. The summed E-state index contributed by atoms with van der Waals surface area (Å²) in [7, 11) is 0. The van der Waals surface area contributed by atoms with Crippen molar-refractivity contribution in [3.63, 3.8) is 0 Å². The van der Waals surface area contributed by atoms with Crippen LogP contribution < -0.4 is 10.6 Å². The quantitative estimate of drug-likeness (QED) is 0.562. The van der Waals surface area contributed by atoms with Gasteiger partial charge >= 0.3 is 0 Å². The van der Waals surface area contributed by atoms with Gasteiger partial charge in [-0.2, -0.15) is 10.2 Å². The molecule has 0 aromatic carbocycles. The first kappa shape index (κ1) is 21.5. The highest BCUT2D eigenvalue weighted by Crippen LogP contribution is 2.17. The second-order valence-corrected chi connectivity index (χ2v) is 6.86. The number of azo groups is 1. The van der Waals surface area contributed by atoms with Crippen molar-refractivity contribution >= 4 is 11.8 Å². The third-order valence-corrected chi connectivity index (χ3v) is 3.70. The van der Waals surface area contributed by atoms with E-state index in [9.17, 15) is 9.59 Å². The number of rotatable bonds is 9. The van der Waals surface area contributed by atoms with Crippen LogP contribution in [0.5, 0.6) is 0 Å².